The number of anilines is 1. The Morgan fingerprint density at radius 2 is 1.63 bits per heavy atom. The van der Waals surface area contributed by atoms with Crippen LogP contribution >= 0.6 is 0 Å². The highest BCUT2D eigenvalue weighted by atomic mass is 32.2. The van der Waals surface area contributed by atoms with Crippen molar-refractivity contribution in [3.8, 4) is 11.5 Å². The molecule has 2 rings (SSSR count). The monoisotopic (exact) mass is 392 g/mol. The summed E-state index contributed by atoms with van der Waals surface area (Å²) >= 11 is 0. The van der Waals surface area contributed by atoms with E-state index in [2.05, 4.69) is 10.0 Å². The van der Waals surface area contributed by atoms with Gasteiger partial charge in [-0.05, 0) is 51.1 Å². The van der Waals surface area contributed by atoms with Gasteiger partial charge < -0.3 is 14.8 Å². The average Bonchev–Trinajstić information content (AvgIpc) is 2.59. The predicted octanol–water partition coefficient (Wildman–Crippen LogP) is 3.03. The van der Waals surface area contributed by atoms with Gasteiger partial charge in [0.25, 0.3) is 5.91 Å². The van der Waals surface area contributed by atoms with Gasteiger partial charge in [0.1, 0.15) is 0 Å². The SMILES string of the molecule is COc1ccc(NC(=O)c2cccc(S(=O)(=O)NC(C)(C)C)c2)cc1OC. The summed E-state index contributed by atoms with van der Waals surface area (Å²) in [5.41, 5.74) is 0.0943. The minimum Gasteiger partial charge on any atom is -0.493 e. The van der Waals surface area contributed by atoms with E-state index in [1.54, 1.807) is 45.0 Å². The molecule has 1 amide bonds. The van der Waals surface area contributed by atoms with Crippen LogP contribution in [0.1, 0.15) is 31.1 Å². The van der Waals surface area contributed by atoms with Crippen molar-refractivity contribution in [3.63, 3.8) is 0 Å². The van der Waals surface area contributed by atoms with Gasteiger partial charge in [0.2, 0.25) is 10.0 Å². The maximum absolute atomic E-state index is 12.5. The van der Waals surface area contributed by atoms with Crippen molar-refractivity contribution in [1.29, 1.82) is 0 Å². The fraction of sp³-hybridized carbons (Fsp3) is 0.316. The van der Waals surface area contributed by atoms with Crippen LogP contribution in [0.4, 0.5) is 5.69 Å². The summed E-state index contributed by atoms with van der Waals surface area (Å²) in [7, 11) is -0.712. The van der Waals surface area contributed by atoms with Crippen LogP contribution in [-0.4, -0.2) is 34.1 Å². The zero-order valence-corrected chi connectivity index (χ0v) is 16.8. The van der Waals surface area contributed by atoms with Crippen LogP contribution in [0.2, 0.25) is 0 Å². The molecule has 0 atom stereocenters. The number of sulfonamides is 1. The van der Waals surface area contributed by atoms with Crippen LogP contribution in [0, 0.1) is 0 Å². The van der Waals surface area contributed by atoms with E-state index in [4.69, 9.17) is 9.47 Å². The smallest absolute Gasteiger partial charge is 0.255 e. The third-order valence-corrected chi connectivity index (χ3v) is 5.24. The van der Waals surface area contributed by atoms with E-state index in [0.717, 1.165) is 0 Å². The number of amides is 1. The highest BCUT2D eigenvalue weighted by Gasteiger charge is 2.22. The number of carbonyl (C=O) groups excluding carboxylic acids is 1. The maximum Gasteiger partial charge on any atom is 0.255 e. The molecule has 2 aromatic rings. The molecular formula is C19H24N2O5S. The molecule has 0 bridgehead atoms. The second kappa shape index (κ2) is 7.98. The van der Waals surface area contributed by atoms with Gasteiger partial charge in [0.15, 0.2) is 11.5 Å². The van der Waals surface area contributed by atoms with E-state index in [1.807, 2.05) is 0 Å². The summed E-state index contributed by atoms with van der Waals surface area (Å²) in [4.78, 5) is 12.6. The van der Waals surface area contributed by atoms with Gasteiger partial charge in [-0.1, -0.05) is 6.07 Å². The van der Waals surface area contributed by atoms with E-state index < -0.39 is 21.5 Å². The van der Waals surface area contributed by atoms with Crippen LogP contribution in [0.15, 0.2) is 47.4 Å². The highest BCUT2D eigenvalue weighted by Crippen LogP contribution is 2.30. The summed E-state index contributed by atoms with van der Waals surface area (Å²) in [6, 6.07) is 10.8. The predicted molar refractivity (Wildman–Crippen MR) is 104 cm³/mol. The molecule has 0 aliphatic carbocycles. The second-order valence-corrected chi connectivity index (χ2v) is 8.59. The van der Waals surface area contributed by atoms with Crippen molar-refractivity contribution in [2.75, 3.05) is 19.5 Å². The molecule has 146 valence electrons. The Bertz CT molecular complexity index is 933. The van der Waals surface area contributed by atoms with E-state index in [9.17, 15) is 13.2 Å². The fourth-order valence-corrected chi connectivity index (χ4v) is 3.85. The van der Waals surface area contributed by atoms with Crippen LogP contribution < -0.4 is 19.5 Å². The molecule has 8 heteroatoms. The van der Waals surface area contributed by atoms with Gasteiger partial charge in [-0.3, -0.25) is 4.79 Å². The Kier molecular flexibility index (Phi) is 6.12. The van der Waals surface area contributed by atoms with E-state index in [0.29, 0.717) is 17.2 Å². The van der Waals surface area contributed by atoms with Crippen molar-refractivity contribution in [2.45, 2.75) is 31.2 Å². The summed E-state index contributed by atoms with van der Waals surface area (Å²) in [6.45, 7) is 5.24. The largest absolute Gasteiger partial charge is 0.493 e. The number of nitrogens with one attached hydrogen (secondary N) is 2. The topological polar surface area (TPSA) is 93.7 Å². The first-order chi connectivity index (χ1) is 12.6. The highest BCUT2D eigenvalue weighted by molar-refractivity contribution is 7.89. The number of rotatable bonds is 6. The first kappa shape index (κ1) is 20.7. The normalized spacial score (nSPS) is 11.7. The van der Waals surface area contributed by atoms with Crippen molar-refractivity contribution >= 4 is 21.6 Å². The molecule has 0 saturated carbocycles. The Labute approximate surface area is 159 Å². The Hall–Kier alpha value is -2.58. The first-order valence-corrected chi connectivity index (χ1v) is 9.71. The van der Waals surface area contributed by atoms with Gasteiger partial charge in [0.05, 0.1) is 19.1 Å². The molecule has 0 spiro atoms. The van der Waals surface area contributed by atoms with Gasteiger partial charge in [0, 0.05) is 22.9 Å². The Morgan fingerprint density at radius 3 is 2.22 bits per heavy atom. The molecule has 2 aromatic carbocycles. The minimum absolute atomic E-state index is 0.0254. The Balaban J connectivity index is 2.26. The van der Waals surface area contributed by atoms with E-state index in [-0.39, 0.29) is 10.5 Å². The average molecular weight is 392 g/mol. The lowest BCUT2D eigenvalue weighted by Gasteiger charge is -2.20. The van der Waals surface area contributed by atoms with Gasteiger partial charge in [-0.25, -0.2) is 13.1 Å². The third-order valence-electron chi connectivity index (χ3n) is 3.49. The van der Waals surface area contributed by atoms with E-state index >= 15 is 0 Å². The number of hydrogen-bond acceptors (Lipinski definition) is 5. The van der Waals surface area contributed by atoms with Crippen LogP contribution in [0.5, 0.6) is 11.5 Å². The second-order valence-electron chi connectivity index (χ2n) is 6.91. The van der Waals surface area contributed by atoms with Gasteiger partial charge in [-0.15, -0.1) is 0 Å². The lowest BCUT2D eigenvalue weighted by molar-refractivity contribution is 0.102. The zero-order valence-electron chi connectivity index (χ0n) is 16.0. The van der Waals surface area contributed by atoms with Gasteiger partial charge >= 0.3 is 0 Å². The molecule has 0 saturated heterocycles. The number of ether oxygens (including phenoxy) is 2. The summed E-state index contributed by atoms with van der Waals surface area (Å²) < 4.78 is 37.9. The van der Waals surface area contributed by atoms with Crippen molar-refractivity contribution in [3.05, 3.63) is 48.0 Å². The summed E-state index contributed by atoms with van der Waals surface area (Å²) in [5.74, 6) is 0.577. The van der Waals surface area contributed by atoms with Gasteiger partial charge in [-0.2, -0.15) is 0 Å². The minimum atomic E-state index is -3.73. The van der Waals surface area contributed by atoms with E-state index in [1.165, 1.54) is 32.4 Å². The van der Waals surface area contributed by atoms with Crippen molar-refractivity contribution in [2.24, 2.45) is 0 Å². The first-order valence-electron chi connectivity index (χ1n) is 8.23. The summed E-state index contributed by atoms with van der Waals surface area (Å²) in [6.07, 6.45) is 0. The quantitative estimate of drug-likeness (QED) is 0.788. The number of hydrogen-bond donors (Lipinski definition) is 2. The zero-order chi connectivity index (χ0) is 20.2. The molecule has 0 aliphatic heterocycles. The number of methoxy groups -OCH3 is 2. The molecule has 2 N–H and O–H groups in total. The molecule has 0 aliphatic rings. The standard InChI is InChI=1S/C19H24N2O5S/c1-19(2,3)21-27(23,24)15-8-6-7-13(11-15)18(22)20-14-9-10-16(25-4)17(12-14)26-5/h6-12,21H,1-5H3,(H,20,22). The molecule has 0 aromatic heterocycles. The lowest BCUT2D eigenvalue weighted by atomic mass is 10.1. The fourth-order valence-electron chi connectivity index (χ4n) is 2.38. The lowest BCUT2D eigenvalue weighted by Crippen LogP contribution is -2.40. The van der Waals surface area contributed by atoms with Crippen LogP contribution in [0.3, 0.4) is 0 Å². The molecule has 7 nitrogen and oxygen atoms in total. The molecule has 0 heterocycles. The molecule has 0 radical (unpaired) electrons. The summed E-state index contributed by atoms with van der Waals surface area (Å²) in [5, 5.41) is 2.72. The molecular weight excluding hydrogens is 368 g/mol. The maximum atomic E-state index is 12.5. The van der Waals surface area contributed by atoms with Crippen molar-refractivity contribution < 1.29 is 22.7 Å². The Morgan fingerprint density at radius 1 is 0.963 bits per heavy atom. The molecule has 0 fully saturated rings. The van der Waals surface area contributed by atoms with Crippen LogP contribution in [-0.2, 0) is 10.0 Å². The van der Waals surface area contributed by atoms with Crippen LogP contribution in [0.25, 0.3) is 0 Å². The molecule has 0 unspecified atom stereocenters. The number of benzene rings is 2. The third kappa shape index (κ3) is 5.45. The van der Waals surface area contributed by atoms with Crippen molar-refractivity contribution in [1.82, 2.24) is 4.72 Å². The molecule has 27 heavy (non-hydrogen) atoms. The number of carbonyl (C=O) groups is 1.